The smallest absolute Gasteiger partial charge is 0.329 e. The lowest BCUT2D eigenvalue weighted by molar-refractivity contribution is -0.139. The van der Waals surface area contributed by atoms with Gasteiger partial charge < -0.3 is 10.1 Å². The normalized spacial score (nSPS) is 10.3. The molecule has 23 heavy (non-hydrogen) atoms. The van der Waals surface area contributed by atoms with Gasteiger partial charge in [0, 0.05) is 24.5 Å². The molecule has 0 fully saturated rings. The standard InChI is InChI=1S/C16H16N4O3/c1-23-14-7-3-2-6-13(14)11-19-20-16(22)15(21)18-10-12-5-4-8-17-9-12/h2-9,11H,10H2,1H3,(H,18,21)(H,20,22)/b19-11+. The Bertz CT molecular complexity index is 701. The molecule has 0 bridgehead atoms. The number of rotatable bonds is 5. The van der Waals surface area contributed by atoms with E-state index in [2.05, 4.69) is 20.8 Å². The van der Waals surface area contributed by atoms with Gasteiger partial charge in [-0.3, -0.25) is 14.6 Å². The fraction of sp³-hybridized carbons (Fsp3) is 0.125. The Kier molecular flexibility index (Phi) is 5.81. The maximum absolute atomic E-state index is 11.6. The van der Waals surface area contributed by atoms with Crippen LogP contribution in [0.1, 0.15) is 11.1 Å². The SMILES string of the molecule is COc1ccccc1/C=N/NC(=O)C(=O)NCc1cccnc1. The zero-order valence-corrected chi connectivity index (χ0v) is 12.5. The second-order valence-electron chi connectivity index (χ2n) is 4.49. The highest BCUT2D eigenvalue weighted by atomic mass is 16.5. The van der Waals surface area contributed by atoms with Gasteiger partial charge in [0.2, 0.25) is 0 Å². The maximum Gasteiger partial charge on any atom is 0.329 e. The molecule has 2 aromatic rings. The lowest BCUT2D eigenvalue weighted by atomic mass is 10.2. The summed E-state index contributed by atoms with van der Waals surface area (Å²) in [6.45, 7) is 0.219. The van der Waals surface area contributed by atoms with Crippen molar-refractivity contribution in [3.05, 3.63) is 59.9 Å². The van der Waals surface area contributed by atoms with Crippen molar-refractivity contribution in [3.63, 3.8) is 0 Å². The molecule has 7 heteroatoms. The predicted molar refractivity (Wildman–Crippen MR) is 84.8 cm³/mol. The van der Waals surface area contributed by atoms with E-state index in [0.717, 1.165) is 5.56 Å². The summed E-state index contributed by atoms with van der Waals surface area (Å²) >= 11 is 0. The van der Waals surface area contributed by atoms with Gasteiger partial charge in [-0.1, -0.05) is 18.2 Å². The first-order chi connectivity index (χ1) is 11.2. The van der Waals surface area contributed by atoms with Crippen molar-refractivity contribution in [3.8, 4) is 5.75 Å². The molecule has 0 radical (unpaired) electrons. The van der Waals surface area contributed by atoms with E-state index in [1.807, 2.05) is 12.1 Å². The summed E-state index contributed by atoms with van der Waals surface area (Å²) in [6, 6.07) is 10.7. The van der Waals surface area contributed by atoms with Crippen molar-refractivity contribution in [2.75, 3.05) is 7.11 Å². The highest BCUT2D eigenvalue weighted by Crippen LogP contribution is 2.14. The number of hydrogen-bond acceptors (Lipinski definition) is 5. The fourth-order valence-corrected chi connectivity index (χ4v) is 1.75. The molecule has 1 heterocycles. The minimum Gasteiger partial charge on any atom is -0.496 e. The molecule has 1 aromatic carbocycles. The summed E-state index contributed by atoms with van der Waals surface area (Å²) in [4.78, 5) is 27.2. The second kappa shape index (κ2) is 8.28. The number of carbonyl (C=O) groups excluding carboxylic acids is 2. The summed E-state index contributed by atoms with van der Waals surface area (Å²) in [5, 5.41) is 6.23. The number of nitrogens with one attached hydrogen (secondary N) is 2. The van der Waals surface area contributed by atoms with E-state index in [1.54, 1.807) is 36.7 Å². The van der Waals surface area contributed by atoms with Gasteiger partial charge >= 0.3 is 11.8 Å². The topological polar surface area (TPSA) is 92.7 Å². The largest absolute Gasteiger partial charge is 0.496 e. The molecule has 0 saturated carbocycles. The van der Waals surface area contributed by atoms with Crippen LogP contribution in [0.25, 0.3) is 0 Å². The number of amides is 2. The molecule has 2 rings (SSSR count). The predicted octanol–water partition coefficient (Wildman–Crippen LogP) is 0.857. The van der Waals surface area contributed by atoms with Crippen LogP contribution in [-0.4, -0.2) is 30.1 Å². The molecule has 2 amide bonds. The molecule has 7 nitrogen and oxygen atoms in total. The molecular weight excluding hydrogens is 296 g/mol. The van der Waals surface area contributed by atoms with Crippen LogP contribution in [0.15, 0.2) is 53.9 Å². The monoisotopic (exact) mass is 312 g/mol. The van der Waals surface area contributed by atoms with Crippen LogP contribution < -0.4 is 15.5 Å². The van der Waals surface area contributed by atoms with Crippen LogP contribution in [0.5, 0.6) is 5.75 Å². The number of nitrogens with zero attached hydrogens (tertiary/aromatic N) is 2. The minimum atomic E-state index is -0.847. The third-order valence-electron chi connectivity index (χ3n) is 2.89. The Morgan fingerprint density at radius 3 is 2.78 bits per heavy atom. The first kappa shape index (κ1) is 16.2. The molecular formula is C16H16N4O3. The molecule has 118 valence electrons. The molecule has 0 atom stereocenters. The van der Waals surface area contributed by atoms with E-state index >= 15 is 0 Å². The molecule has 0 saturated heterocycles. The zero-order valence-electron chi connectivity index (χ0n) is 12.5. The highest BCUT2D eigenvalue weighted by Gasteiger charge is 2.11. The summed E-state index contributed by atoms with van der Waals surface area (Å²) in [5.41, 5.74) is 3.65. The van der Waals surface area contributed by atoms with E-state index in [9.17, 15) is 9.59 Å². The van der Waals surface area contributed by atoms with Crippen LogP contribution in [0, 0.1) is 0 Å². The van der Waals surface area contributed by atoms with E-state index in [4.69, 9.17) is 4.74 Å². The van der Waals surface area contributed by atoms with Gasteiger partial charge in [-0.05, 0) is 23.8 Å². The van der Waals surface area contributed by atoms with Crippen molar-refractivity contribution < 1.29 is 14.3 Å². The molecule has 0 spiro atoms. The number of hydrazone groups is 1. The molecule has 0 unspecified atom stereocenters. The van der Waals surface area contributed by atoms with E-state index in [-0.39, 0.29) is 6.54 Å². The number of para-hydroxylation sites is 1. The number of aromatic nitrogens is 1. The van der Waals surface area contributed by atoms with Crippen LogP contribution >= 0.6 is 0 Å². The third kappa shape index (κ3) is 4.92. The summed E-state index contributed by atoms with van der Waals surface area (Å²) in [5.74, 6) is -1.00. The average Bonchev–Trinajstić information content (AvgIpc) is 2.60. The van der Waals surface area contributed by atoms with Gasteiger partial charge in [-0.25, -0.2) is 5.43 Å². The van der Waals surface area contributed by atoms with Crippen molar-refractivity contribution >= 4 is 18.0 Å². The van der Waals surface area contributed by atoms with Gasteiger partial charge in [0.05, 0.1) is 13.3 Å². The Labute approximate surface area is 133 Å². The number of carbonyl (C=O) groups is 2. The molecule has 2 N–H and O–H groups in total. The van der Waals surface area contributed by atoms with E-state index < -0.39 is 11.8 Å². The van der Waals surface area contributed by atoms with Crippen molar-refractivity contribution in [2.45, 2.75) is 6.54 Å². The Morgan fingerprint density at radius 1 is 1.22 bits per heavy atom. The van der Waals surface area contributed by atoms with Crippen molar-refractivity contribution in [1.29, 1.82) is 0 Å². The number of benzene rings is 1. The number of hydrogen-bond donors (Lipinski definition) is 2. The second-order valence-corrected chi connectivity index (χ2v) is 4.49. The summed E-state index contributed by atoms with van der Waals surface area (Å²) < 4.78 is 5.15. The number of methoxy groups -OCH3 is 1. The van der Waals surface area contributed by atoms with Crippen LogP contribution in [-0.2, 0) is 16.1 Å². The van der Waals surface area contributed by atoms with Gasteiger partial charge in [0.25, 0.3) is 0 Å². The van der Waals surface area contributed by atoms with E-state index in [1.165, 1.54) is 13.3 Å². The summed E-state index contributed by atoms with van der Waals surface area (Å²) in [6.07, 6.45) is 4.65. The third-order valence-corrected chi connectivity index (χ3v) is 2.89. The Balaban J connectivity index is 1.84. The maximum atomic E-state index is 11.6. The van der Waals surface area contributed by atoms with E-state index in [0.29, 0.717) is 11.3 Å². The van der Waals surface area contributed by atoms with Crippen LogP contribution in [0.3, 0.4) is 0 Å². The number of pyridine rings is 1. The minimum absolute atomic E-state index is 0.219. The van der Waals surface area contributed by atoms with Crippen molar-refractivity contribution in [2.24, 2.45) is 5.10 Å². The quantitative estimate of drug-likeness (QED) is 0.486. The molecule has 0 aliphatic rings. The Hall–Kier alpha value is -3.22. The van der Waals surface area contributed by atoms with Crippen LogP contribution in [0.4, 0.5) is 0 Å². The van der Waals surface area contributed by atoms with Gasteiger partial charge in [-0.2, -0.15) is 5.10 Å². The fourth-order valence-electron chi connectivity index (χ4n) is 1.75. The first-order valence-corrected chi connectivity index (χ1v) is 6.84. The Morgan fingerprint density at radius 2 is 2.04 bits per heavy atom. The highest BCUT2D eigenvalue weighted by molar-refractivity contribution is 6.35. The van der Waals surface area contributed by atoms with Gasteiger partial charge in [-0.15, -0.1) is 0 Å². The van der Waals surface area contributed by atoms with Crippen LogP contribution in [0.2, 0.25) is 0 Å². The number of ether oxygens (including phenoxy) is 1. The lowest BCUT2D eigenvalue weighted by Crippen LogP contribution is -2.37. The zero-order chi connectivity index (χ0) is 16.5. The molecule has 1 aromatic heterocycles. The molecule has 0 aliphatic heterocycles. The lowest BCUT2D eigenvalue weighted by Gasteiger charge is -2.04. The first-order valence-electron chi connectivity index (χ1n) is 6.84. The summed E-state index contributed by atoms with van der Waals surface area (Å²) in [7, 11) is 1.54. The van der Waals surface area contributed by atoms with Gasteiger partial charge in [0.15, 0.2) is 0 Å². The van der Waals surface area contributed by atoms with Gasteiger partial charge in [0.1, 0.15) is 5.75 Å². The van der Waals surface area contributed by atoms with Crippen molar-refractivity contribution in [1.82, 2.24) is 15.7 Å². The molecule has 0 aliphatic carbocycles. The average molecular weight is 312 g/mol.